The molecule has 2 aliphatic rings. The molecular formula is C5H7N2+. The van der Waals surface area contributed by atoms with Gasteiger partial charge in [0.05, 0.1) is 13.0 Å². The maximum Gasteiger partial charge on any atom is 0.292 e. The van der Waals surface area contributed by atoms with E-state index in [4.69, 9.17) is 0 Å². The Hall–Kier alpha value is -0.550. The SMILES string of the molecule is C1#[N+][C@@H]2CN[C@H]1C2. The monoisotopic (exact) mass is 95.1 g/mol. The molecule has 0 radical (unpaired) electrons. The summed E-state index contributed by atoms with van der Waals surface area (Å²) in [6, 6.07) is 4.05. The molecule has 1 saturated heterocycles. The van der Waals surface area contributed by atoms with Crippen molar-refractivity contribution in [2.24, 2.45) is 0 Å². The fourth-order valence-corrected chi connectivity index (χ4v) is 1.11. The molecule has 7 heavy (non-hydrogen) atoms. The summed E-state index contributed by atoms with van der Waals surface area (Å²) in [4.78, 5) is 4.09. The molecule has 0 aromatic carbocycles. The van der Waals surface area contributed by atoms with Crippen molar-refractivity contribution in [1.82, 2.24) is 5.32 Å². The second-order valence-corrected chi connectivity index (χ2v) is 2.11. The van der Waals surface area contributed by atoms with E-state index in [1.165, 1.54) is 6.42 Å². The van der Waals surface area contributed by atoms with Crippen LogP contribution in [0.1, 0.15) is 6.42 Å². The number of nitrogens with zero attached hydrogens (tertiary/aromatic N) is 1. The Labute approximate surface area is 42.3 Å². The largest absolute Gasteiger partial charge is 0.292 e. The lowest BCUT2D eigenvalue weighted by Gasteiger charge is -1.87. The smallest absolute Gasteiger partial charge is 0.291 e. The van der Waals surface area contributed by atoms with Gasteiger partial charge in [-0.1, -0.05) is 4.85 Å². The fraction of sp³-hybridized carbons (Fsp3) is 0.800. The fourth-order valence-electron chi connectivity index (χ4n) is 1.11. The van der Waals surface area contributed by atoms with E-state index in [0.29, 0.717) is 12.1 Å². The highest BCUT2D eigenvalue weighted by molar-refractivity contribution is 5.17. The predicted molar refractivity (Wildman–Crippen MR) is 27.4 cm³/mol. The third kappa shape index (κ3) is 0.359. The highest BCUT2D eigenvalue weighted by Crippen LogP contribution is 2.15. The highest BCUT2D eigenvalue weighted by atomic mass is 15.0. The van der Waals surface area contributed by atoms with Gasteiger partial charge in [-0.05, 0) is 0 Å². The summed E-state index contributed by atoms with van der Waals surface area (Å²) in [6.45, 7) is 1.08. The Kier molecular flexibility index (Phi) is 0.487. The van der Waals surface area contributed by atoms with Crippen molar-refractivity contribution >= 4 is 0 Å². The zero-order valence-electron chi connectivity index (χ0n) is 4.02. The molecule has 0 aromatic rings. The van der Waals surface area contributed by atoms with Crippen LogP contribution < -0.4 is 5.32 Å². The molecule has 2 nitrogen and oxygen atoms in total. The quantitative estimate of drug-likeness (QED) is 0.450. The number of fused-ring (bicyclic) bond motifs is 2. The molecule has 0 amide bonds. The first-order chi connectivity index (χ1) is 3.45. The topological polar surface area (TPSA) is 16.4 Å². The van der Waals surface area contributed by atoms with Crippen molar-refractivity contribution in [2.75, 3.05) is 6.54 Å². The van der Waals surface area contributed by atoms with Crippen molar-refractivity contribution in [3.05, 3.63) is 4.85 Å². The molecule has 2 heteroatoms. The average Bonchev–Trinajstić information content (AvgIpc) is 2.22. The molecule has 1 N–H and O–H groups in total. The van der Waals surface area contributed by atoms with Crippen LogP contribution in [0.25, 0.3) is 4.85 Å². The van der Waals surface area contributed by atoms with E-state index in [-0.39, 0.29) is 0 Å². The van der Waals surface area contributed by atoms with Crippen LogP contribution >= 0.6 is 0 Å². The first kappa shape index (κ1) is 3.45. The molecule has 0 aliphatic carbocycles. The summed E-state index contributed by atoms with van der Waals surface area (Å²) in [7, 11) is 0. The maximum atomic E-state index is 4.09. The summed E-state index contributed by atoms with van der Waals surface area (Å²) in [6.07, 6.45) is 1.19. The van der Waals surface area contributed by atoms with Crippen LogP contribution in [-0.2, 0) is 0 Å². The second kappa shape index (κ2) is 0.988. The van der Waals surface area contributed by atoms with Gasteiger partial charge < -0.3 is 0 Å². The molecule has 2 bridgehead atoms. The summed E-state index contributed by atoms with van der Waals surface area (Å²) in [5.74, 6) is 0. The summed E-state index contributed by atoms with van der Waals surface area (Å²) in [5, 5.41) is 3.25. The number of nitrogens with one attached hydrogen (secondary N) is 1. The lowest BCUT2D eigenvalue weighted by Crippen LogP contribution is -2.20. The van der Waals surface area contributed by atoms with Crippen molar-refractivity contribution in [2.45, 2.75) is 18.5 Å². The van der Waals surface area contributed by atoms with E-state index in [1.807, 2.05) is 0 Å². The normalized spacial score (nSPS) is 43.4. The molecule has 0 spiro atoms. The minimum atomic E-state index is 0.505. The van der Waals surface area contributed by atoms with Crippen LogP contribution in [-0.4, -0.2) is 18.6 Å². The van der Waals surface area contributed by atoms with Crippen molar-refractivity contribution in [3.63, 3.8) is 0 Å². The average molecular weight is 95.1 g/mol. The molecule has 2 aliphatic heterocycles. The minimum absolute atomic E-state index is 0.505. The van der Waals surface area contributed by atoms with Crippen molar-refractivity contribution in [1.29, 1.82) is 0 Å². The zero-order chi connectivity index (χ0) is 4.69. The first-order valence-corrected chi connectivity index (χ1v) is 2.64. The van der Waals surface area contributed by atoms with E-state index >= 15 is 0 Å². The van der Waals surface area contributed by atoms with E-state index in [2.05, 4.69) is 16.2 Å². The molecule has 0 unspecified atom stereocenters. The van der Waals surface area contributed by atoms with Gasteiger partial charge in [0.1, 0.15) is 6.04 Å². The third-order valence-electron chi connectivity index (χ3n) is 1.52. The number of hydrogen-bond acceptors (Lipinski definition) is 1. The van der Waals surface area contributed by atoms with Gasteiger partial charge in [-0.15, -0.1) is 0 Å². The standard InChI is InChI=1S/C5H7N2/c1-4-2-6-5(1)3-7-4/h4-6H,1-2H2/q+1/t4-,5-/m0/s1. The summed E-state index contributed by atoms with van der Waals surface area (Å²) >= 11 is 0. The maximum absolute atomic E-state index is 4.09. The van der Waals surface area contributed by atoms with Gasteiger partial charge in [0, 0.05) is 0 Å². The molecule has 2 atom stereocenters. The zero-order valence-corrected chi connectivity index (χ0v) is 4.02. The molecule has 2 rings (SSSR count). The van der Waals surface area contributed by atoms with Crippen LogP contribution in [0, 0.1) is 6.07 Å². The third-order valence-corrected chi connectivity index (χ3v) is 1.52. The van der Waals surface area contributed by atoms with Crippen LogP contribution in [0.15, 0.2) is 0 Å². The molecule has 0 saturated carbocycles. The minimum Gasteiger partial charge on any atom is -0.291 e. The van der Waals surface area contributed by atoms with Crippen molar-refractivity contribution in [3.8, 4) is 6.07 Å². The molecule has 36 valence electrons. The summed E-state index contributed by atoms with van der Waals surface area (Å²) in [5.41, 5.74) is 0. The Morgan fingerprint density at radius 1 is 1.71 bits per heavy atom. The first-order valence-electron chi connectivity index (χ1n) is 2.64. The lowest BCUT2D eigenvalue weighted by atomic mass is 10.2. The van der Waals surface area contributed by atoms with E-state index in [0.717, 1.165) is 6.54 Å². The van der Waals surface area contributed by atoms with Gasteiger partial charge >= 0.3 is 0 Å². The number of rotatable bonds is 0. The van der Waals surface area contributed by atoms with Gasteiger partial charge in [-0.25, -0.2) is 0 Å². The van der Waals surface area contributed by atoms with Crippen LogP contribution in [0.3, 0.4) is 0 Å². The van der Waals surface area contributed by atoms with E-state index in [9.17, 15) is 0 Å². The Morgan fingerprint density at radius 2 is 2.71 bits per heavy atom. The Morgan fingerprint density at radius 3 is 2.86 bits per heavy atom. The van der Waals surface area contributed by atoms with Crippen LogP contribution in [0.5, 0.6) is 0 Å². The van der Waals surface area contributed by atoms with E-state index in [1.54, 1.807) is 0 Å². The Bertz CT molecular complexity index is 128. The van der Waals surface area contributed by atoms with Gasteiger partial charge in [-0.3, -0.25) is 5.32 Å². The molecule has 2 heterocycles. The predicted octanol–water partition coefficient (Wildman–Crippen LogP) is 0.0634. The van der Waals surface area contributed by atoms with Gasteiger partial charge in [0.2, 0.25) is 0 Å². The van der Waals surface area contributed by atoms with Gasteiger partial charge in [0.15, 0.2) is 0 Å². The van der Waals surface area contributed by atoms with Crippen molar-refractivity contribution < 1.29 is 0 Å². The lowest BCUT2D eigenvalue weighted by molar-refractivity contribution is 0.747. The molecule has 1 fully saturated rings. The van der Waals surface area contributed by atoms with Gasteiger partial charge in [0.25, 0.3) is 12.1 Å². The van der Waals surface area contributed by atoms with E-state index < -0.39 is 0 Å². The van der Waals surface area contributed by atoms with Crippen LogP contribution in [0.2, 0.25) is 0 Å². The Balaban J connectivity index is 2.33. The second-order valence-electron chi connectivity index (χ2n) is 2.11. The molecular weight excluding hydrogens is 88.1 g/mol. The number of hydrogen-bond donors (Lipinski definition) is 1. The van der Waals surface area contributed by atoms with Crippen LogP contribution in [0.4, 0.5) is 0 Å². The van der Waals surface area contributed by atoms with Gasteiger partial charge in [-0.2, -0.15) is 0 Å². The summed E-state index contributed by atoms with van der Waals surface area (Å²) < 4.78 is 0. The highest BCUT2D eigenvalue weighted by Gasteiger charge is 2.37. The molecule has 0 aromatic heterocycles.